The van der Waals surface area contributed by atoms with Crippen LogP contribution in [-0.2, 0) is 4.79 Å². The number of halogens is 1. The topological polar surface area (TPSA) is 67.4 Å². The molecule has 0 aromatic heterocycles. The van der Waals surface area contributed by atoms with Crippen LogP contribution in [0.25, 0.3) is 0 Å². The monoisotopic (exact) mass is 408 g/mol. The van der Waals surface area contributed by atoms with Crippen molar-refractivity contribution in [2.45, 2.75) is 6.04 Å². The van der Waals surface area contributed by atoms with Gasteiger partial charge in [0.05, 0.1) is 19.7 Å². The molecule has 1 unspecified atom stereocenters. The molecule has 6 heteroatoms. The Hall–Kier alpha value is -3.31. The molecule has 29 heavy (non-hydrogen) atoms. The molecule has 148 valence electrons. The molecule has 5 nitrogen and oxygen atoms in total. The predicted octanol–water partition coefficient (Wildman–Crippen LogP) is 3.98. The van der Waals surface area contributed by atoms with Crippen LogP contribution in [0.3, 0.4) is 0 Å². The molecule has 3 aromatic carbocycles. The van der Waals surface area contributed by atoms with Crippen LogP contribution in [0.15, 0.2) is 78.9 Å². The zero-order chi connectivity index (χ0) is 20.6. The second-order valence-electron chi connectivity index (χ2n) is 6.38. The summed E-state index contributed by atoms with van der Waals surface area (Å²) in [5.41, 5.74) is 2.25. The summed E-state index contributed by atoms with van der Waals surface area (Å²) in [5, 5.41) is 6.24. The van der Waals surface area contributed by atoms with E-state index in [0.717, 1.165) is 11.1 Å². The number of nitrogens with one attached hydrogen (secondary N) is 2. The molecular formula is C23H21ClN2O3. The molecule has 0 heterocycles. The number of rotatable bonds is 7. The van der Waals surface area contributed by atoms with E-state index in [2.05, 4.69) is 10.6 Å². The fourth-order valence-electron chi connectivity index (χ4n) is 2.90. The van der Waals surface area contributed by atoms with Crippen LogP contribution in [0.4, 0.5) is 0 Å². The molecule has 0 aliphatic heterocycles. The molecular weight excluding hydrogens is 388 g/mol. The number of carbonyl (C=O) groups excluding carboxylic acids is 2. The van der Waals surface area contributed by atoms with Gasteiger partial charge in [-0.1, -0.05) is 60.1 Å². The SMILES string of the molecule is COc1cccc(C(=O)NCC(=O)NC(c2ccccc2)c2ccc(Cl)cc2)c1. The third-order valence-corrected chi connectivity index (χ3v) is 4.63. The zero-order valence-electron chi connectivity index (χ0n) is 15.9. The van der Waals surface area contributed by atoms with Gasteiger partial charge in [0, 0.05) is 10.6 Å². The maximum absolute atomic E-state index is 12.5. The molecule has 0 bridgehead atoms. The maximum atomic E-state index is 12.5. The molecule has 0 saturated heterocycles. The van der Waals surface area contributed by atoms with Crippen LogP contribution in [0, 0.1) is 0 Å². The summed E-state index contributed by atoms with van der Waals surface area (Å²) in [6.07, 6.45) is 0. The first-order chi connectivity index (χ1) is 14.1. The quantitative estimate of drug-likeness (QED) is 0.621. The Kier molecular flexibility index (Phi) is 6.87. The molecule has 2 N–H and O–H groups in total. The highest BCUT2D eigenvalue weighted by Gasteiger charge is 2.17. The molecule has 2 amide bonds. The lowest BCUT2D eigenvalue weighted by molar-refractivity contribution is -0.120. The Balaban J connectivity index is 1.68. The van der Waals surface area contributed by atoms with Crippen molar-refractivity contribution >= 4 is 23.4 Å². The number of carbonyl (C=O) groups is 2. The van der Waals surface area contributed by atoms with Gasteiger partial charge < -0.3 is 15.4 Å². The van der Waals surface area contributed by atoms with E-state index in [4.69, 9.17) is 16.3 Å². The Morgan fingerprint density at radius 3 is 2.31 bits per heavy atom. The van der Waals surface area contributed by atoms with Crippen LogP contribution in [-0.4, -0.2) is 25.5 Å². The molecule has 0 radical (unpaired) electrons. The van der Waals surface area contributed by atoms with Gasteiger partial charge in [0.2, 0.25) is 5.91 Å². The van der Waals surface area contributed by atoms with Gasteiger partial charge in [0.25, 0.3) is 5.91 Å². The van der Waals surface area contributed by atoms with Crippen molar-refractivity contribution in [3.05, 3.63) is 101 Å². The van der Waals surface area contributed by atoms with E-state index in [9.17, 15) is 9.59 Å². The smallest absolute Gasteiger partial charge is 0.251 e. The van der Waals surface area contributed by atoms with Crippen LogP contribution in [0.1, 0.15) is 27.5 Å². The first-order valence-corrected chi connectivity index (χ1v) is 9.46. The summed E-state index contributed by atoms with van der Waals surface area (Å²) in [4.78, 5) is 24.9. The van der Waals surface area contributed by atoms with Gasteiger partial charge in [-0.05, 0) is 41.5 Å². The Bertz CT molecular complexity index is 975. The molecule has 0 fully saturated rings. The van der Waals surface area contributed by atoms with Crippen LogP contribution >= 0.6 is 11.6 Å². The van der Waals surface area contributed by atoms with Crippen molar-refractivity contribution in [3.63, 3.8) is 0 Å². The summed E-state index contributed by atoms with van der Waals surface area (Å²) in [6.45, 7) is -0.146. The fourth-order valence-corrected chi connectivity index (χ4v) is 3.02. The number of amides is 2. The van der Waals surface area contributed by atoms with E-state index in [1.165, 1.54) is 7.11 Å². The highest BCUT2D eigenvalue weighted by atomic mass is 35.5. The van der Waals surface area contributed by atoms with E-state index in [0.29, 0.717) is 16.3 Å². The summed E-state index contributed by atoms with van der Waals surface area (Å²) in [6, 6.07) is 23.3. The van der Waals surface area contributed by atoms with Crippen molar-refractivity contribution in [1.82, 2.24) is 10.6 Å². The number of benzene rings is 3. The van der Waals surface area contributed by atoms with Gasteiger partial charge in [0.15, 0.2) is 0 Å². The molecule has 0 saturated carbocycles. The highest BCUT2D eigenvalue weighted by molar-refractivity contribution is 6.30. The summed E-state index contributed by atoms with van der Waals surface area (Å²) in [7, 11) is 1.53. The van der Waals surface area contributed by atoms with E-state index < -0.39 is 0 Å². The standard InChI is InChI=1S/C23H21ClN2O3/c1-29-20-9-5-8-18(14-20)23(28)25-15-21(27)26-22(16-6-3-2-4-7-16)17-10-12-19(24)13-11-17/h2-14,22H,15H2,1H3,(H,25,28)(H,26,27). The predicted molar refractivity (Wildman–Crippen MR) is 113 cm³/mol. The molecule has 1 atom stereocenters. The van der Waals surface area contributed by atoms with Crippen molar-refractivity contribution < 1.29 is 14.3 Å². The molecule has 3 aromatic rings. The number of hydrogen-bond donors (Lipinski definition) is 2. The average molecular weight is 409 g/mol. The van der Waals surface area contributed by atoms with Gasteiger partial charge in [-0.15, -0.1) is 0 Å². The zero-order valence-corrected chi connectivity index (χ0v) is 16.6. The Morgan fingerprint density at radius 2 is 1.62 bits per heavy atom. The normalized spacial score (nSPS) is 11.4. The lowest BCUT2D eigenvalue weighted by Crippen LogP contribution is -2.39. The van der Waals surface area contributed by atoms with Crippen molar-refractivity contribution in [3.8, 4) is 5.75 Å². The first kappa shape index (κ1) is 20.4. The van der Waals surface area contributed by atoms with Gasteiger partial charge in [-0.25, -0.2) is 0 Å². The minimum Gasteiger partial charge on any atom is -0.497 e. The number of hydrogen-bond acceptors (Lipinski definition) is 3. The first-order valence-electron chi connectivity index (χ1n) is 9.09. The van der Waals surface area contributed by atoms with Gasteiger partial charge in [-0.2, -0.15) is 0 Å². The minimum atomic E-state index is -0.352. The Labute approximate surface area is 174 Å². The molecule has 0 aliphatic rings. The van der Waals surface area contributed by atoms with Gasteiger partial charge in [0.1, 0.15) is 5.75 Å². The second kappa shape index (κ2) is 9.75. The summed E-state index contributed by atoms with van der Waals surface area (Å²) < 4.78 is 5.12. The lowest BCUT2D eigenvalue weighted by atomic mass is 9.98. The third-order valence-electron chi connectivity index (χ3n) is 4.38. The Morgan fingerprint density at radius 1 is 0.931 bits per heavy atom. The van der Waals surface area contributed by atoms with Crippen LogP contribution in [0.5, 0.6) is 5.75 Å². The maximum Gasteiger partial charge on any atom is 0.251 e. The van der Waals surface area contributed by atoms with Crippen molar-refractivity contribution in [2.75, 3.05) is 13.7 Å². The summed E-state index contributed by atoms with van der Waals surface area (Å²) >= 11 is 5.99. The van der Waals surface area contributed by atoms with Crippen LogP contribution in [0.2, 0.25) is 5.02 Å². The van der Waals surface area contributed by atoms with E-state index in [1.807, 2.05) is 42.5 Å². The highest BCUT2D eigenvalue weighted by Crippen LogP contribution is 2.23. The largest absolute Gasteiger partial charge is 0.497 e. The van der Waals surface area contributed by atoms with Crippen molar-refractivity contribution in [2.24, 2.45) is 0 Å². The molecule has 3 rings (SSSR count). The number of ether oxygens (including phenoxy) is 1. The van der Waals surface area contributed by atoms with E-state index in [-0.39, 0.29) is 24.4 Å². The van der Waals surface area contributed by atoms with Crippen molar-refractivity contribution in [1.29, 1.82) is 0 Å². The average Bonchev–Trinajstić information content (AvgIpc) is 2.77. The van der Waals surface area contributed by atoms with Gasteiger partial charge in [-0.3, -0.25) is 9.59 Å². The lowest BCUT2D eigenvalue weighted by Gasteiger charge is -2.20. The van der Waals surface area contributed by atoms with Crippen LogP contribution < -0.4 is 15.4 Å². The molecule has 0 aliphatic carbocycles. The second-order valence-corrected chi connectivity index (χ2v) is 6.81. The third kappa shape index (κ3) is 5.59. The minimum absolute atomic E-state index is 0.146. The number of methoxy groups -OCH3 is 1. The fraction of sp³-hybridized carbons (Fsp3) is 0.130. The van der Waals surface area contributed by atoms with E-state index >= 15 is 0 Å². The van der Waals surface area contributed by atoms with E-state index in [1.54, 1.807) is 36.4 Å². The molecule has 0 spiro atoms. The van der Waals surface area contributed by atoms with Gasteiger partial charge >= 0.3 is 0 Å². The summed E-state index contributed by atoms with van der Waals surface area (Å²) in [5.74, 6) is -0.0687.